The zero-order valence-electron chi connectivity index (χ0n) is 22.7. The number of halogens is 1. The molecule has 0 heterocycles. The number of benzene rings is 2. The van der Waals surface area contributed by atoms with E-state index in [0.717, 1.165) is 36.8 Å². The lowest BCUT2D eigenvalue weighted by molar-refractivity contribution is -0.141. The molecule has 1 aliphatic rings. The second-order valence-corrected chi connectivity index (χ2v) is 12.5. The van der Waals surface area contributed by atoms with Crippen LogP contribution in [-0.4, -0.2) is 50.0 Å². The zero-order chi connectivity index (χ0) is 27.7. The molecule has 208 valence electrons. The number of carbonyl (C=O) groups excluding carboxylic acids is 2. The van der Waals surface area contributed by atoms with Gasteiger partial charge in [0.2, 0.25) is 21.8 Å². The fourth-order valence-electron chi connectivity index (χ4n) is 4.99. The van der Waals surface area contributed by atoms with E-state index >= 15 is 0 Å². The molecule has 1 unspecified atom stereocenters. The number of hydrogen-bond acceptors (Lipinski definition) is 4. The average Bonchev–Trinajstić information content (AvgIpc) is 2.88. The Morgan fingerprint density at radius 3 is 2.32 bits per heavy atom. The van der Waals surface area contributed by atoms with Gasteiger partial charge in [-0.1, -0.05) is 73.7 Å². The van der Waals surface area contributed by atoms with Gasteiger partial charge in [-0.3, -0.25) is 13.9 Å². The summed E-state index contributed by atoms with van der Waals surface area (Å²) in [7, 11) is -3.53. The number of nitrogens with one attached hydrogen (secondary N) is 1. The monoisotopic (exact) mass is 561 g/mol. The lowest BCUT2D eigenvalue weighted by Gasteiger charge is -2.33. The van der Waals surface area contributed by atoms with Crippen LogP contribution in [0.5, 0.6) is 0 Å². The summed E-state index contributed by atoms with van der Waals surface area (Å²) >= 11 is 6.42. The van der Waals surface area contributed by atoms with Crippen LogP contribution in [0.2, 0.25) is 5.02 Å². The molecule has 0 saturated heterocycles. The Morgan fingerprint density at radius 1 is 1.05 bits per heavy atom. The van der Waals surface area contributed by atoms with Gasteiger partial charge in [-0.25, -0.2) is 8.42 Å². The highest BCUT2D eigenvalue weighted by atomic mass is 35.5. The van der Waals surface area contributed by atoms with E-state index in [1.165, 1.54) is 17.0 Å². The first-order valence-corrected chi connectivity index (χ1v) is 15.7. The smallest absolute Gasteiger partial charge is 0.243 e. The number of rotatable bonds is 12. The van der Waals surface area contributed by atoms with Crippen molar-refractivity contribution in [3.05, 3.63) is 64.7 Å². The van der Waals surface area contributed by atoms with Crippen molar-refractivity contribution in [1.29, 1.82) is 0 Å². The van der Waals surface area contributed by atoms with E-state index in [0.29, 0.717) is 23.6 Å². The third kappa shape index (κ3) is 8.46. The zero-order valence-corrected chi connectivity index (χ0v) is 24.2. The Kier molecular flexibility index (Phi) is 11.0. The largest absolute Gasteiger partial charge is 0.352 e. The molecule has 1 N–H and O–H groups in total. The SMILES string of the molecule is CCC(C(=O)NC1CCCCC1)N(Cc1ccccc1Cl)C(=O)CCCN(c1ccc(C)cc1)S(C)(=O)=O. The molecule has 2 aromatic carbocycles. The first-order chi connectivity index (χ1) is 18.1. The van der Waals surface area contributed by atoms with Gasteiger partial charge in [0.1, 0.15) is 6.04 Å². The number of nitrogens with zero attached hydrogens (tertiary/aromatic N) is 2. The molecule has 3 rings (SSSR count). The van der Waals surface area contributed by atoms with Crippen molar-refractivity contribution in [3.8, 4) is 0 Å². The van der Waals surface area contributed by atoms with Crippen molar-refractivity contribution in [2.45, 2.75) is 83.8 Å². The minimum Gasteiger partial charge on any atom is -0.352 e. The molecule has 2 amide bonds. The predicted octanol–water partition coefficient (Wildman–Crippen LogP) is 5.45. The van der Waals surface area contributed by atoms with Gasteiger partial charge in [0, 0.05) is 30.6 Å². The summed E-state index contributed by atoms with van der Waals surface area (Å²) < 4.78 is 26.3. The predicted molar refractivity (Wildman–Crippen MR) is 154 cm³/mol. The van der Waals surface area contributed by atoms with Gasteiger partial charge in [0.25, 0.3) is 0 Å². The molecule has 0 aliphatic heterocycles. The Morgan fingerprint density at radius 2 is 1.71 bits per heavy atom. The van der Waals surface area contributed by atoms with E-state index in [1.807, 2.05) is 44.2 Å². The summed E-state index contributed by atoms with van der Waals surface area (Å²) in [5, 5.41) is 3.71. The van der Waals surface area contributed by atoms with Gasteiger partial charge in [-0.15, -0.1) is 0 Å². The summed E-state index contributed by atoms with van der Waals surface area (Å²) in [5.41, 5.74) is 2.37. The number of aryl methyl sites for hydroxylation is 1. The highest BCUT2D eigenvalue weighted by Crippen LogP contribution is 2.23. The van der Waals surface area contributed by atoms with Crippen molar-refractivity contribution in [3.63, 3.8) is 0 Å². The van der Waals surface area contributed by atoms with Gasteiger partial charge in [-0.2, -0.15) is 0 Å². The highest BCUT2D eigenvalue weighted by molar-refractivity contribution is 7.92. The van der Waals surface area contributed by atoms with Crippen molar-refractivity contribution in [2.24, 2.45) is 0 Å². The van der Waals surface area contributed by atoms with Crippen molar-refractivity contribution in [2.75, 3.05) is 17.1 Å². The van der Waals surface area contributed by atoms with Crippen molar-refractivity contribution < 1.29 is 18.0 Å². The standard InChI is InChI=1S/C29H40ClN3O4S/c1-4-27(29(35)31-24-12-6-5-7-13-24)32(21-23-11-8-9-14-26(23)30)28(34)15-10-20-33(38(3,36)37)25-18-16-22(2)17-19-25/h8-9,11,14,16-19,24,27H,4-7,10,12-13,15,20-21H2,1-3H3,(H,31,35). The number of amides is 2. The lowest BCUT2D eigenvalue weighted by Crippen LogP contribution is -2.51. The van der Waals surface area contributed by atoms with Crippen LogP contribution in [0.3, 0.4) is 0 Å². The molecule has 2 aromatic rings. The lowest BCUT2D eigenvalue weighted by atomic mass is 9.95. The van der Waals surface area contributed by atoms with E-state index < -0.39 is 16.1 Å². The maximum absolute atomic E-state index is 13.6. The maximum atomic E-state index is 13.6. The minimum absolute atomic E-state index is 0.107. The fourth-order valence-corrected chi connectivity index (χ4v) is 6.15. The van der Waals surface area contributed by atoms with Crippen LogP contribution in [0.4, 0.5) is 5.69 Å². The van der Waals surface area contributed by atoms with E-state index in [-0.39, 0.29) is 37.4 Å². The van der Waals surface area contributed by atoms with Crippen molar-refractivity contribution >= 4 is 39.1 Å². The quantitative estimate of drug-likeness (QED) is 0.373. The van der Waals surface area contributed by atoms with E-state index in [4.69, 9.17) is 11.6 Å². The maximum Gasteiger partial charge on any atom is 0.243 e. The van der Waals surface area contributed by atoms with Gasteiger partial charge in [-0.05, 0) is 56.4 Å². The molecule has 1 saturated carbocycles. The van der Waals surface area contributed by atoms with E-state index in [9.17, 15) is 18.0 Å². The molecule has 1 aliphatic carbocycles. The molecule has 0 radical (unpaired) electrons. The normalized spacial score (nSPS) is 15.1. The molecule has 0 bridgehead atoms. The molecule has 1 atom stereocenters. The van der Waals surface area contributed by atoms with Crippen LogP contribution < -0.4 is 9.62 Å². The summed E-state index contributed by atoms with van der Waals surface area (Å²) in [6.07, 6.45) is 7.36. The number of hydrogen-bond donors (Lipinski definition) is 1. The third-order valence-electron chi connectivity index (χ3n) is 7.11. The van der Waals surface area contributed by atoms with Crippen LogP contribution in [-0.2, 0) is 26.2 Å². The number of carbonyl (C=O) groups is 2. The van der Waals surface area contributed by atoms with E-state index in [2.05, 4.69) is 5.32 Å². The van der Waals surface area contributed by atoms with E-state index in [1.54, 1.807) is 23.1 Å². The summed E-state index contributed by atoms with van der Waals surface area (Å²) in [6.45, 7) is 4.22. The fraction of sp³-hybridized carbons (Fsp3) is 0.517. The minimum atomic E-state index is -3.53. The molecule has 9 heteroatoms. The second kappa shape index (κ2) is 14.0. The first-order valence-electron chi connectivity index (χ1n) is 13.5. The van der Waals surface area contributed by atoms with Crippen LogP contribution in [0.1, 0.15) is 69.4 Å². The average molecular weight is 562 g/mol. The van der Waals surface area contributed by atoms with Gasteiger partial charge in [0.05, 0.1) is 11.9 Å². The van der Waals surface area contributed by atoms with Gasteiger partial charge < -0.3 is 10.2 Å². The third-order valence-corrected chi connectivity index (χ3v) is 8.67. The first kappa shape index (κ1) is 30.0. The van der Waals surface area contributed by atoms with Crippen molar-refractivity contribution in [1.82, 2.24) is 10.2 Å². The van der Waals surface area contributed by atoms with Gasteiger partial charge >= 0.3 is 0 Å². The molecule has 1 fully saturated rings. The highest BCUT2D eigenvalue weighted by Gasteiger charge is 2.30. The van der Waals surface area contributed by atoms with Crippen LogP contribution in [0.25, 0.3) is 0 Å². The van der Waals surface area contributed by atoms with Gasteiger partial charge in [0.15, 0.2) is 0 Å². The summed E-state index contributed by atoms with van der Waals surface area (Å²) in [6, 6.07) is 14.1. The Hall–Kier alpha value is -2.58. The summed E-state index contributed by atoms with van der Waals surface area (Å²) in [5.74, 6) is -0.342. The Bertz CT molecular complexity index is 1180. The molecular formula is C29H40ClN3O4S. The van der Waals surface area contributed by atoms with Crippen LogP contribution >= 0.6 is 11.6 Å². The second-order valence-electron chi connectivity index (χ2n) is 10.2. The molecule has 7 nitrogen and oxygen atoms in total. The molecule has 38 heavy (non-hydrogen) atoms. The van der Waals surface area contributed by atoms with Crippen LogP contribution in [0.15, 0.2) is 48.5 Å². The van der Waals surface area contributed by atoms with Crippen LogP contribution in [0, 0.1) is 6.92 Å². The Balaban J connectivity index is 1.76. The molecule has 0 spiro atoms. The Labute approximate surface area is 232 Å². The summed E-state index contributed by atoms with van der Waals surface area (Å²) in [4.78, 5) is 28.6. The molecule has 0 aromatic heterocycles. The number of anilines is 1. The topological polar surface area (TPSA) is 86.8 Å². The molecular weight excluding hydrogens is 522 g/mol. The number of sulfonamides is 1.